The van der Waals surface area contributed by atoms with Gasteiger partial charge in [0.05, 0.1) is 5.39 Å². The van der Waals surface area contributed by atoms with Gasteiger partial charge in [-0.3, -0.25) is 0 Å². The highest BCUT2D eigenvalue weighted by Gasteiger charge is 2.22. The summed E-state index contributed by atoms with van der Waals surface area (Å²) in [6.45, 7) is 1.98. The Morgan fingerprint density at radius 1 is 1.14 bits per heavy atom. The van der Waals surface area contributed by atoms with Crippen molar-refractivity contribution < 1.29 is 0 Å². The van der Waals surface area contributed by atoms with E-state index in [4.69, 9.17) is 11.5 Å². The largest absolute Gasteiger partial charge is 0.399 e. The minimum absolute atomic E-state index is 0.402. The molecule has 0 bridgehead atoms. The first-order valence-corrected chi connectivity index (χ1v) is 7.41. The van der Waals surface area contributed by atoms with Crippen LogP contribution in [0.1, 0.15) is 12.5 Å². The Labute approximate surface area is 128 Å². The monoisotopic (exact) mass is 294 g/mol. The van der Waals surface area contributed by atoms with E-state index >= 15 is 0 Å². The first-order chi connectivity index (χ1) is 10.7. The second-order valence-electron chi connectivity index (χ2n) is 5.68. The number of nitrogens with zero attached hydrogens (tertiary/aromatic N) is 3. The summed E-state index contributed by atoms with van der Waals surface area (Å²) in [5.41, 5.74) is 15.7. The molecule has 1 unspecified atom stereocenters. The van der Waals surface area contributed by atoms with Crippen LogP contribution in [0.3, 0.4) is 0 Å². The average Bonchev–Trinajstić information content (AvgIpc) is 3.15. The molecule has 1 saturated heterocycles. The third kappa shape index (κ3) is 2.00. The van der Waals surface area contributed by atoms with Crippen LogP contribution in [0.15, 0.2) is 36.8 Å². The van der Waals surface area contributed by atoms with Crippen molar-refractivity contribution in [2.45, 2.75) is 12.5 Å². The molecule has 0 spiro atoms. The first kappa shape index (κ1) is 13.1. The van der Waals surface area contributed by atoms with E-state index in [-0.39, 0.29) is 0 Å². The summed E-state index contributed by atoms with van der Waals surface area (Å²) >= 11 is 0. The summed E-state index contributed by atoms with van der Waals surface area (Å²) in [6.07, 6.45) is 4.76. The number of fused-ring (bicyclic) bond motifs is 1. The number of rotatable bonds is 2. The number of aromatic nitrogens is 3. The van der Waals surface area contributed by atoms with E-state index in [0.29, 0.717) is 11.9 Å². The van der Waals surface area contributed by atoms with Crippen LogP contribution in [-0.4, -0.2) is 27.6 Å². The van der Waals surface area contributed by atoms with Gasteiger partial charge in [-0.1, -0.05) is 12.1 Å². The Morgan fingerprint density at radius 2 is 1.95 bits per heavy atom. The van der Waals surface area contributed by atoms with Gasteiger partial charge in [-0.05, 0) is 30.7 Å². The van der Waals surface area contributed by atoms with Crippen LogP contribution in [0, 0.1) is 0 Å². The molecule has 3 heterocycles. The fraction of sp³-hybridized carbons (Fsp3) is 0.250. The van der Waals surface area contributed by atoms with Crippen molar-refractivity contribution >= 4 is 22.5 Å². The van der Waals surface area contributed by atoms with Gasteiger partial charge in [-0.15, -0.1) is 0 Å². The van der Waals surface area contributed by atoms with E-state index in [1.165, 1.54) is 6.33 Å². The van der Waals surface area contributed by atoms with Crippen LogP contribution < -0.4 is 16.8 Å². The Bertz CT molecular complexity index is 815. The summed E-state index contributed by atoms with van der Waals surface area (Å²) < 4.78 is 2.22. The number of benzene rings is 1. The zero-order valence-electron chi connectivity index (χ0n) is 12.2. The van der Waals surface area contributed by atoms with Crippen molar-refractivity contribution in [1.82, 2.24) is 19.9 Å². The molecule has 0 saturated carbocycles. The molecule has 112 valence electrons. The predicted molar refractivity (Wildman–Crippen MR) is 88.3 cm³/mol. The van der Waals surface area contributed by atoms with Crippen molar-refractivity contribution in [2.24, 2.45) is 0 Å². The first-order valence-electron chi connectivity index (χ1n) is 7.41. The molecule has 1 aliphatic heterocycles. The second kappa shape index (κ2) is 4.99. The lowest BCUT2D eigenvalue weighted by Crippen LogP contribution is -2.13. The van der Waals surface area contributed by atoms with E-state index in [1.807, 2.05) is 24.3 Å². The molecule has 1 aromatic carbocycles. The molecule has 3 aromatic rings. The molecule has 1 fully saturated rings. The normalized spacial score (nSPS) is 18.1. The maximum atomic E-state index is 6.13. The topological polar surface area (TPSA) is 94.8 Å². The van der Waals surface area contributed by atoms with Crippen molar-refractivity contribution in [2.75, 3.05) is 24.6 Å². The number of hydrogen-bond donors (Lipinski definition) is 3. The standard InChI is InChI=1S/C16H18N6/c17-11-3-1-10(2-4-11)13-8-22(12-5-6-19-7-12)16-14(13)15(18)20-9-21-16/h1-4,8-9,12,19H,5-7,17H2,(H2,18,20,21). The Balaban J connectivity index is 1.95. The van der Waals surface area contributed by atoms with E-state index < -0.39 is 0 Å². The second-order valence-corrected chi connectivity index (χ2v) is 5.68. The van der Waals surface area contributed by atoms with E-state index in [9.17, 15) is 0 Å². The summed E-state index contributed by atoms with van der Waals surface area (Å²) in [5.74, 6) is 0.515. The van der Waals surface area contributed by atoms with Crippen LogP contribution in [0.5, 0.6) is 0 Å². The zero-order valence-corrected chi connectivity index (χ0v) is 12.2. The van der Waals surface area contributed by atoms with Gasteiger partial charge in [0.15, 0.2) is 0 Å². The number of nitrogens with one attached hydrogen (secondary N) is 1. The SMILES string of the molecule is Nc1ccc(-c2cn(C3CCNC3)c3ncnc(N)c23)cc1. The summed E-state index contributed by atoms with van der Waals surface area (Å²) in [7, 11) is 0. The maximum absolute atomic E-state index is 6.13. The van der Waals surface area contributed by atoms with Crippen LogP contribution in [0.25, 0.3) is 22.2 Å². The van der Waals surface area contributed by atoms with E-state index in [2.05, 4.69) is 26.0 Å². The number of hydrogen-bond acceptors (Lipinski definition) is 5. The minimum Gasteiger partial charge on any atom is -0.399 e. The van der Waals surface area contributed by atoms with Crippen LogP contribution in [0.2, 0.25) is 0 Å². The van der Waals surface area contributed by atoms with Gasteiger partial charge in [0, 0.05) is 30.0 Å². The summed E-state index contributed by atoms with van der Waals surface area (Å²) in [5, 5.41) is 4.31. The van der Waals surface area contributed by atoms with Crippen LogP contribution in [-0.2, 0) is 0 Å². The molecule has 6 heteroatoms. The van der Waals surface area contributed by atoms with Crippen LogP contribution >= 0.6 is 0 Å². The Morgan fingerprint density at radius 3 is 2.68 bits per heavy atom. The molecule has 4 rings (SSSR count). The maximum Gasteiger partial charge on any atom is 0.146 e. The lowest BCUT2D eigenvalue weighted by molar-refractivity contribution is 0.562. The number of anilines is 2. The van der Waals surface area contributed by atoms with Gasteiger partial charge in [0.1, 0.15) is 17.8 Å². The average molecular weight is 294 g/mol. The number of nitrogen functional groups attached to an aromatic ring is 2. The highest BCUT2D eigenvalue weighted by Crippen LogP contribution is 2.35. The molecule has 6 nitrogen and oxygen atoms in total. The quantitative estimate of drug-likeness (QED) is 0.626. The smallest absolute Gasteiger partial charge is 0.146 e. The highest BCUT2D eigenvalue weighted by molar-refractivity contribution is 6.00. The highest BCUT2D eigenvalue weighted by atomic mass is 15.1. The van der Waals surface area contributed by atoms with Crippen molar-refractivity contribution in [3.8, 4) is 11.1 Å². The molecule has 1 atom stereocenters. The molecule has 2 aromatic heterocycles. The molecule has 22 heavy (non-hydrogen) atoms. The molecule has 1 aliphatic rings. The van der Waals surface area contributed by atoms with Gasteiger partial charge in [-0.2, -0.15) is 0 Å². The van der Waals surface area contributed by atoms with Gasteiger partial charge >= 0.3 is 0 Å². The Hall–Kier alpha value is -2.60. The molecule has 5 N–H and O–H groups in total. The van der Waals surface area contributed by atoms with Gasteiger partial charge < -0.3 is 21.4 Å². The fourth-order valence-electron chi connectivity index (χ4n) is 3.15. The molecule has 0 amide bonds. The predicted octanol–water partition coefficient (Wildman–Crippen LogP) is 1.80. The van der Waals surface area contributed by atoms with Gasteiger partial charge in [0.2, 0.25) is 0 Å². The van der Waals surface area contributed by atoms with Gasteiger partial charge in [-0.25, -0.2) is 9.97 Å². The fourth-order valence-corrected chi connectivity index (χ4v) is 3.15. The van der Waals surface area contributed by atoms with Crippen LogP contribution in [0.4, 0.5) is 11.5 Å². The van der Waals surface area contributed by atoms with Crippen molar-refractivity contribution in [3.05, 3.63) is 36.8 Å². The lowest BCUT2D eigenvalue weighted by atomic mass is 10.1. The minimum atomic E-state index is 0.402. The molecular formula is C16H18N6. The summed E-state index contributed by atoms with van der Waals surface area (Å²) in [4.78, 5) is 8.63. The van der Waals surface area contributed by atoms with Crippen molar-refractivity contribution in [3.63, 3.8) is 0 Å². The zero-order chi connectivity index (χ0) is 15.1. The van der Waals surface area contributed by atoms with E-state index in [0.717, 1.165) is 47.4 Å². The summed E-state index contributed by atoms with van der Waals surface area (Å²) in [6, 6.07) is 8.21. The van der Waals surface area contributed by atoms with E-state index in [1.54, 1.807) is 0 Å². The Kier molecular flexibility index (Phi) is 2.97. The number of nitrogens with two attached hydrogens (primary N) is 2. The van der Waals surface area contributed by atoms with Gasteiger partial charge in [0.25, 0.3) is 0 Å². The van der Waals surface area contributed by atoms with Crippen molar-refractivity contribution in [1.29, 1.82) is 0 Å². The third-order valence-corrected chi connectivity index (χ3v) is 4.29. The molecule has 0 aliphatic carbocycles. The third-order valence-electron chi connectivity index (χ3n) is 4.29. The molecule has 0 radical (unpaired) electrons. The lowest BCUT2D eigenvalue weighted by Gasteiger charge is -2.11. The molecular weight excluding hydrogens is 276 g/mol.